The van der Waals surface area contributed by atoms with Crippen LogP contribution in [0.4, 0.5) is 20.6 Å². The van der Waals surface area contributed by atoms with Crippen molar-refractivity contribution >= 4 is 23.4 Å². The minimum absolute atomic E-state index is 0.0322. The van der Waals surface area contributed by atoms with E-state index in [9.17, 15) is 24.5 Å². The maximum absolute atomic E-state index is 13.0. The minimum Gasteiger partial charge on any atom is -0.508 e. The Morgan fingerprint density at radius 1 is 0.867 bits per heavy atom. The Morgan fingerprint density at radius 3 is 2.24 bits per heavy atom. The highest BCUT2D eigenvalue weighted by Crippen LogP contribution is 2.22. The molecule has 3 rings (SSSR count). The summed E-state index contributed by atoms with van der Waals surface area (Å²) in [6.07, 6.45) is 6.40. The zero-order valence-electron chi connectivity index (χ0n) is 25.8. The molecule has 0 fully saturated rings. The molecule has 3 aromatic carbocycles. The molecule has 0 bridgehead atoms. The van der Waals surface area contributed by atoms with Crippen LogP contribution in [-0.4, -0.2) is 58.7 Å². The molecule has 246 valence electrons. The molecule has 0 saturated heterocycles. The van der Waals surface area contributed by atoms with Crippen LogP contribution in [0.1, 0.15) is 68.2 Å². The quantitative estimate of drug-likeness (QED) is 0.0848. The van der Waals surface area contributed by atoms with Crippen LogP contribution in [0.5, 0.6) is 5.75 Å². The van der Waals surface area contributed by atoms with Crippen LogP contribution < -0.4 is 16.0 Å². The van der Waals surface area contributed by atoms with Gasteiger partial charge in [-0.05, 0) is 98.3 Å². The highest BCUT2D eigenvalue weighted by atomic mass is 19.1. The van der Waals surface area contributed by atoms with E-state index in [1.807, 2.05) is 24.3 Å². The van der Waals surface area contributed by atoms with Crippen LogP contribution in [0.25, 0.3) is 0 Å². The molecule has 3 aromatic rings. The van der Waals surface area contributed by atoms with E-state index < -0.39 is 12.1 Å². The van der Waals surface area contributed by atoms with Crippen molar-refractivity contribution in [3.63, 3.8) is 0 Å². The number of aryl methyl sites for hydroxylation is 1. The van der Waals surface area contributed by atoms with Gasteiger partial charge in [-0.15, -0.1) is 0 Å². The second-order valence-corrected chi connectivity index (χ2v) is 10.6. The van der Waals surface area contributed by atoms with Crippen LogP contribution in [0, 0.1) is 5.82 Å². The largest absolute Gasteiger partial charge is 0.508 e. The van der Waals surface area contributed by atoms with Gasteiger partial charge in [-0.2, -0.15) is 0 Å². The summed E-state index contributed by atoms with van der Waals surface area (Å²) >= 11 is 0. The maximum atomic E-state index is 13.0. The second-order valence-electron chi connectivity index (χ2n) is 10.6. The van der Waals surface area contributed by atoms with Crippen LogP contribution in [0.3, 0.4) is 0 Å². The van der Waals surface area contributed by atoms with Crippen molar-refractivity contribution in [2.24, 2.45) is 0 Å². The van der Waals surface area contributed by atoms with Gasteiger partial charge in [-0.25, -0.2) is 9.18 Å². The van der Waals surface area contributed by atoms with Crippen LogP contribution >= 0.6 is 0 Å². The summed E-state index contributed by atoms with van der Waals surface area (Å²) < 4.78 is 18.8. The Labute approximate surface area is 264 Å². The number of carboxylic acid groups (broad SMARTS) is 1. The number of hydrogen-bond acceptors (Lipinski definition) is 7. The Bertz CT molecular complexity index is 1290. The SMILES string of the molecule is CC(=O)O.O=C(Nc1ccc(F)cc1)Nc1cccc(CCCCOCCCCCCNC[C@H](O)c2ccc(O)c(CO)c2)c1. The highest BCUT2D eigenvalue weighted by molar-refractivity contribution is 5.99. The summed E-state index contributed by atoms with van der Waals surface area (Å²) in [6, 6.07) is 17.8. The molecule has 11 heteroatoms. The van der Waals surface area contributed by atoms with Crippen molar-refractivity contribution in [1.82, 2.24) is 5.32 Å². The van der Waals surface area contributed by atoms with Crippen molar-refractivity contribution in [3.8, 4) is 5.75 Å². The number of aliphatic hydroxyl groups is 2. The van der Waals surface area contributed by atoms with Crippen molar-refractivity contribution in [2.45, 2.75) is 64.6 Å². The molecule has 0 aliphatic heterocycles. The molecule has 0 spiro atoms. The first-order chi connectivity index (χ1) is 21.7. The van der Waals surface area contributed by atoms with E-state index in [-0.39, 0.29) is 24.2 Å². The number of ether oxygens (including phenoxy) is 1. The third-order valence-corrected chi connectivity index (χ3v) is 6.68. The van der Waals surface area contributed by atoms with Crippen LogP contribution in [0.15, 0.2) is 66.7 Å². The number of carbonyl (C=O) groups excluding carboxylic acids is 1. The summed E-state index contributed by atoms with van der Waals surface area (Å²) in [6.45, 7) is 3.54. The zero-order chi connectivity index (χ0) is 32.9. The lowest BCUT2D eigenvalue weighted by Crippen LogP contribution is -2.22. The fraction of sp³-hybridized carbons (Fsp3) is 0.412. The number of nitrogens with one attached hydrogen (secondary N) is 3. The lowest BCUT2D eigenvalue weighted by Gasteiger charge is -2.14. The number of aromatic hydroxyl groups is 1. The molecule has 0 unspecified atom stereocenters. The number of hydrogen-bond donors (Lipinski definition) is 7. The van der Waals surface area contributed by atoms with E-state index >= 15 is 0 Å². The number of urea groups is 1. The second kappa shape index (κ2) is 21.6. The molecule has 0 saturated carbocycles. The first-order valence-electron chi connectivity index (χ1n) is 15.2. The first-order valence-corrected chi connectivity index (χ1v) is 15.2. The van der Waals surface area contributed by atoms with Crippen LogP contribution in [-0.2, 0) is 22.6 Å². The fourth-order valence-electron chi connectivity index (χ4n) is 4.37. The molecule has 0 aliphatic rings. The van der Waals surface area contributed by atoms with Crippen molar-refractivity contribution < 1.29 is 39.1 Å². The third-order valence-electron chi connectivity index (χ3n) is 6.68. The van der Waals surface area contributed by atoms with E-state index in [1.165, 1.54) is 30.3 Å². The Hall–Kier alpha value is -4.03. The van der Waals surface area contributed by atoms with Gasteiger partial charge >= 0.3 is 6.03 Å². The zero-order valence-corrected chi connectivity index (χ0v) is 25.8. The lowest BCUT2D eigenvalue weighted by molar-refractivity contribution is -0.134. The third kappa shape index (κ3) is 16.6. The smallest absolute Gasteiger partial charge is 0.323 e. The Morgan fingerprint density at radius 2 is 1.53 bits per heavy atom. The number of halogens is 1. The minimum atomic E-state index is -0.833. The van der Waals surface area contributed by atoms with Crippen molar-refractivity contribution in [2.75, 3.05) is 36.9 Å². The summed E-state index contributed by atoms with van der Waals surface area (Å²) in [4.78, 5) is 21.2. The molecule has 2 amide bonds. The number of aliphatic hydroxyl groups excluding tert-OH is 2. The van der Waals surface area contributed by atoms with Crippen molar-refractivity contribution in [3.05, 3.63) is 89.2 Å². The Kier molecular flexibility index (Phi) is 17.9. The topological polar surface area (TPSA) is 160 Å². The number of rotatable bonds is 18. The molecule has 0 aliphatic carbocycles. The monoisotopic (exact) mass is 627 g/mol. The molecule has 0 radical (unpaired) electrons. The molecular formula is C34H46FN3O7. The predicted molar refractivity (Wildman–Crippen MR) is 173 cm³/mol. The number of unbranched alkanes of at least 4 members (excludes halogenated alkanes) is 4. The maximum Gasteiger partial charge on any atom is 0.323 e. The van der Waals surface area contributed by atoms with Crippen molar-refractivity contribution in [1.29, 1.82) is 0 Å². The summed E-state index contributed by atoms with van der Waals surface area (Å²) in [5.41, 5.74) is 3.46. The Balaban J connectivity index is 0.00000166. The standard InChI is InChI=1S/C32H42FN3O5.C2H4O2/c33-27-12-14-28(15-13-27)35-32(40)36-29-10-7-9-24(20-29)8-3-6-19-41-18-5-2-1-4-17-34-22-31(39)25-11-16-30(38)26(21-25)23-37;1-2(3)4/h7,9-16,20-21,31,34,37-39H,1-6,8,17-19,22-23H2,(H2,35,36,40);1H3,(H,3,4)/t31-;/m0./s1. The average Bonchev–Trinajstić information content (AvgIpc) is 3.00. The van der Waals surface area contributed by atoms with Gasteiger partial charge < -0.3 is 41.1 Å². The molecule has 0 aromatic heterocycles. The number of carbonyl (C=O) groups is 2. The number of benzene rings is 3. The molecule has 45 heavy (non-hydrogen) atoms. The highest BCUT2D eigenvalue weighted by Gasteiger charge is 2.10. The molecular weight excluding hydrogens is 581 g/mol. The molecule has 0 heterocycles. The number of amides is 2. The molecule has 10 nitrogen and oxygen atoms in total. The van der Waals surface area contributed by atoms with Gasteiger partial charge in [-0.1, -0.05) is 31.0 Å². The van der Waals surface area contributed by atoms with Gasteiger partial charge in [0, 0.05) is 43.6 Å². The number of anilines is 2. The van der Waals surface area contributed by atoms with Gasteiger partial charge in [0.05, 0.1) is 12.7 Å². The summed E-state index contributed by atoms with van der Waals surface area (Å²) in [5.74, 6) is -1.15. The van der Waals surface area contributed by atoms with Gasteiger partial charge in [0.2, 0.25) is 0 Å². The fourth-order valence-corrected chi connectivity index (χ4v) is 4.37. The van der Waals surface area contributed by atoms with E-state index in [2.05, 4.69) is 16.0 Å². The van der Waals surface area contributed by atoms with E-state index in [0.29, 0.717) is 29.0 Å². The van der Waals surface area contributed by atoms with E-state index in [4.69, 9.17) is 14.6 Å². The van der Waals surface area contributed by atoms with Gasteiger partial charge in [0.15, 0.2) is 0 Å². The summed E-state index contributed by atoms with van der Waals surface area (Å²) in [5, 5.41) is 45.3. The molecule has 7 N–H and O–H groups in total. The van der Waals surface area contributed by atoms with Crippen LogP contribution in [0.2, 0.25) is 0 Å². The van der Waals surface area contributed by atoms with E-state index in [1.54, 1.807) is 12.1 Å². The number of aliphatic carboxylic acids is 1. The first kappa shape index (κ1) is 37.2. The lowest BCUT2D eigenvalue weighted by atomic mass is 10.1. The summed E-state index contributed by atoms with van der Waals surface area (Å²) in [7, 11) is 0. The van der Waals surface area contributed by atoms with Gasteiger partial charge in [0.25, 0.3) is 5.97 Å². The average molecular weight is 628 g/mol. The van der Waals surface area contributed by atoms with Gasteiger partial charge in [-0.3, -0.25) is 4.79 Å². The van der Waals surface area contributed by atoms with E-state index in [0.717, 1.165) is 77.2 Å². The molecule has 1 atom stereocenters. The predicted octanol–water partition coefficient (Wildman–Crippen LogP) is 5.98. The normalized spacial score (nSPS) is 11.3. The number of carboxylic acids is 1. The number of phenols is 1. The van der Waals surface area contributed by atoms with Gasteiger partial charge in [0.1, 0.15) is 11.6 Å².